The molecule has 1 heterocycles. The second-order valence-corrected chi connectivity index (χ2v) is 7.80. The summed E-state index contributed by atoms with van der Waals surface area (Å²) in [7, 11) is -3.21. The lowest BCUT2D eigenvalue weighted by atomic mass is 9.99. The Morgan fingerprint density at radius 2 is 1.71 bits per heavy atom. The SMILES string of the molecule is CC(CNS(=O)(=O)C(C)C)c1ccc(-c2ccoc2)cc1. The summed E-state index contributed by atoms with van der Waals surface area (Å²) in [5, 5.41) is -0.409. The van der Waals surface area contributed by atoms with Gasteiger partial charge in [-0.15, -0.1) is 0 Å². The van der Waals surface area contributed by atoms with Crippen molar-refractivity contribution in [1.82, 2.24) is 4.72 Å². The van der Waals surface area contributed by atoms with Gasteiger partial charge in [-0.05, 0) is 37.0 Å². The standard InChI is InChI=1S/C16H21NO3S/c1-12(2)21(18,19)17-10-13(3)14-4-6-15(7-5-14)16-8-9-20-11-16/h4-9,11-13,17H,10H2,1-3H3. The third-order valence-corrected chi connectivity index (χ3v) is 5.36. The third-order valence-electron chi connectivity index (χ3n) is 3.55. The Balaban J connectivity index is 2.02. The molecule has 0 saturated carbocycles. The predicted octanol–water partition coefficient (Wildman–Crippen LogP) is 3.38. The van der Waals surface area contributed by atoms with Crippen LogP contribution in [0.25, 0.3) is 11.1 Å². The first-order chi connectivity index (χ1) is 9.90. The van der Waals surface area contributed by atoms with Crippen LogP contribution in [0, 0.1) is 0 Å². The summed E-state index contributed by atoms with van der Waals surface area (Å²) < 4.78 is 31.2. The smallest absolute Gasteiger partial charge is 0.213 e. The summed E-state index contributed by atoms with van der Waals surface area (Å²) in [6.45, 7) is 5.76. The molecule has 2 aromatic rings. The Hall–Kier alpha value is -1.59. The molecule has 1 unspecified atom stereocenters. The molecule has 0 spiro atoms. The van der Waals surface area contributed by atoms with E-state index in [4.69, 9.17) is 4.42 Å². The summed E-state index contributed by atoms with van der Waals surface area (Å²) in [6, 6.07) is 10.0. The summed E-state index contributed by atoms with van der Waals surface area (Å²) in [4.78, 5) is 0. The molecule has 0 bridgehead atoms. The van der Waals surface area contributed by atoms with Crippen LogP contribution in [-0.2, 0) is 10.0 Å². The van der Waals surface area contributed by atoms with E-state index in [0.29, 0.717) is 6.54 Å². The summed E-state index contributed by atoms with van der Waals surface area (Å²) in [5.41, 5.74) is 3.23. The highest BCUT2D eigenvalue weighted by Crippen LogP contribution is 2.23. The molecule has 0 amide bonds. The van der Waals surface area contributed by atoms with E-state index in [0.717, 1.165) is 16.7 Å². The van der Waals surface area contributed by atoms with Crippen LogP contribution in [0.2, 0.25) is 0 Å². The van der Waals surface area contributed by atoms with Crippen LogP contribution >= 0.6 is 0 Å². The maximum absolute atomic E-state index is 11.8. The van der Waals surface area contributed by atoms with Gasteiger partial charge in [0, 0.05) is 12.1 Å². The second-order valence-electron chi connectivity index (χ2n) is 5.48. The van der Waals surface area contributed by atoms with E-state index in [1.54, 1.807) is 26.4 Å². The number of sulfonamides is 1. The van der Waals surface area contributed by atoms with E-state index in [1.165, 1.54) is 0 Å². The number of benzene rings is 1. The first-order valence-corrected chi connectivity index (χ1v) is 8.56. The highest BCUT2D eigenvalue weighted by atomic mass is 32.2. The van der Waals surface area contributed by atoms with Gasteiger partial charge >= 0.3 is 0 Å². The largest absolute Gasteiger partial charge is 0.472 e. The van der Waals surface area contributed by atoms with Gasteiger partial charge in [0.2, 0.25) is 10.0 Å². The zero-order chi connectivity index (χ0) is 15.5. The molecule has 4 nitrogen and oxygen atoms in total. The number of hydrogen-bond acceptors (Lipinski definition) is 3. The van der Waals surface area contributed by atoms with Crippen LogP contribution in [-0.4, -0.2) is 20.2 Å². The van der Waals surface area contributed by atoms with Gasteiger partial charge in [-0.2, -0.15) is 0 Å². The van der Waals surface area contributed by atoms with Gasteiger partial charge < -0.3 is 4.42 Å². The van der Waals surface area contributed by atoms with Gasteiger partial charge in [-0.3, -0.25) is 0 Å². The molecular weight excluding hydrogens is 286 g/mol. The van der Waals surface area contributed by atoms with Gasteiger partial charge in [-0.1, -0.05) is 31.2 Å². The molecule has 1 aromatic heterocycles. The fraction of sp³-hybridized carbons (Fsp3) is 0.375. The monoisotopic (exact) mass is 307 g/mol. The maximum Gasteiger partial charge on any atom is 0.213 e. The van der Waals surface area contributed by atoms with E-state index < -0.39 is 15.3 Å². The number of furan rings is 1. The Kier molecular flexibility index (Phi) is 4.85. The van der Waals surface area contributed by atoms with Crippen LogP contribution < -0.4 is 4.72 Å². The molecule has 0 radical (unpaired) electrons. The van der Waals surface area contributed by atoms with Crippen LogP contribution in [0.1, 0.15) is 32.3 Å². The Labute approximate surface area is 126 Å². The van der Waals surface area contributed by atoms with E-state index in [2.05, 4.69) is 4.72 Å². The van der Waals surface area contributed by atoms with Crippen LogP contribution in [0.3, 0.4) is 0 Å². The first kappa shape index (κ1) is 15.8. The van der Waals surface area contributed by atoms with Crippen molar-refractivity contribution < 1.29 is 12.8 Å². The molecule has 1 aromatic carbocycles. The fourth-order valence-corrected chi connectivity index (χ4v) is 2.77. The first-order valence-electron chi connectivity index (χ1n) is 7.01. The molecule has 2 rings (SSSR count). The summed E-state index contributed by atoms with van der Waals surface area (Å²) in [6.07, 6.45) is 3.35. The van der Waals surface area contributed by atoms with Crippen LogP contribution in [0.5, 0.6) is 0 Å². The molecule has 0 aliphatic carbocycles. The lowest BCUT2D eigenvalue weighted by Crippen LogP contribution is -2.33. The van der Waals surface area contributed by atoms with Crippen molar-refractivity contribution in [3.05, 3.63) is 48.4 Å². The molecule has 114 valence electrons. The number of hydrogen-bond donors (Lipinski definition) is 1. The third kappa shape index (κ3) is 3.95. The molecule has 0 aliphatic heterocycles. The maximum atomic E-state index is 11.8. The van der Waals surface area contributed by atoms with E-state index in [-0.39, 0.29) is 5.92 Å². The van der Waals surface area contributed by atoms with Crippen molar-refractivity contribution in [2.45, 2.75) is 31.9 Å². The highest BCUT2D eigenvalue weighted by molar-refractivity contribution is 7.90. The minimum atomic E-state index is -3.21. The van der Waals surface area contributed by atoms with Crippen LogP contribution in [0.15, 0.2) is 47.3 Å². The molecule has 1 N–H and O–H groups in total. The topological polar surface area (TPSA) is 59.3 Å². The lowest BCUT2D eigenvalue weighted by molar-refractivity contribution is 0.566. The minimum absolute atomic E-state index is 0.122. The normalized spacial score (nSPS) is 13.5. The molecular formula is C16H21NO3S. The molecule has 1 atom stereocenters. The molecule has 0 aliphatic rings. The Bertz CT molecular complexity index is 658. The predicted molar refractivity (Wildman–Crippen MR) is 84.6 cm³/mol. The number of nitrogens with one attached hydrogen (secondary N) is 1. The van der Waals surface area contributed by atoms with Crippen molar-refractivity contribution in [3.8, 4) is 11.1 Å². The molecule has 0 fully saturated rings. The van der Waals surface area contributed by atoms with Crippen molar-refractivity contribution in [2.24, 2.45) is 0 Å². The highest BCUT2D eigenvalue weighted by Gasteiger charge is 2.17. The van der Waals surface area contributed by atoms with Crippen LogP contribution in [0.4, 0.5) is 0 Å². The number of rotatable bonds is 6. The Morgan fingerprint density at radius 3 is 2.24 bits per heavy atom. The van der Waals surface area contributed by atoms with Crippen molar-refractivity contribution >= 4 is 10.0 Å². The fourth-order valence-electron chi connectivity index (χ4n) is 1.96. The summed E-state index contributed by atoms with van der Waals surface area (Å²) >= 11 is 0. The van der Waals surface area contributed by atoms with Crippen molar-refractivity contribution in [1.29, 1.82) is 0 Å². The van der Waals surface area contributed by atoms with Gasteiger partial charge in [-0.25, -0.2) is 13.1 Å². The average molecular weight is 307 g/mol. The average Bonchev–Trinajstić information content (AvgIpc) is 2.99. The van der Waals surface area contributed by atoms with Gasteiger partial charge in [0.25, 0.3) is 0 Å². The minimum Gasteiger partial charge on any atom is -0.472 e. The lowest BCUT2D eigenvalue weighted by Gasteiger charge is -2.15. The molecule has 5 heteroatoms. The van der Waals surface area contributed by atoms with E-state index >= 15 is 0 Å². The Morgan fingerprint density at radius 1 is 1.05 bits per heavy atom. The zero-order valence-corrected chi connectivity index (χ0v) is 13.4. The van der Waals surface area contributed by atoms with Crippen molar-refractivity contribution in [3.63, 3.8) is 0 Å². The summed E-state index contributed by atoms with van der Waals surface area (Å²) in [5.74, 6) is 0.122. The van der Waals surface area contributed by atoms with Gasteiger partial charge in [0.15, 0.2) is 0 Å². The molecule has 0 saturated heterocycles. The quantitative estimate of drug-likeness (QED) is 0.890. The van der Waals surface area contributed by atoms with E-state index in [1.807, 2.05) is 37.3 Å². The molecule has 21 heavy (non-hydrogen) atoms. The van der Waals surface area contributed by atoms with Gasteiger partial charge in [0.1, 0.15) is 0 Å². The van der Waals surface area contributed by atoms with E-state index in [9.17, 15) is 8.42 Å². The second kappa shape index (κ2) is 6.45. The van der Waals surface area contributed by atoms with Crippen molar-refractivity contribution in [2.75, 3.05) is 6.54 Å². The zero-order valence-electron chi connectivity index (χ0n) is 12.5. The van der Waals surface area contributed by atoms with Gasteiger partial charge in [0.05, 0.1) is 17.8 Å².